The molecule has 1 aliphatic heterocycles. The first kappa shape index (κ1) is 21.0. The van der Waals surface area contributed by atoms with Gasteiger partial charge in [-0.1, -0.05) is 36.4 Å². The number of aromatic nitrogens is 1. The summed E-state index contributed by atoms with van der Waals surface area (Å²) < 4.78 is 0. The fraction of sp³-hybridized carbons (Fsp3) is 0.435. The smallest absolute Gasteiger partial charge is 0.272 e. The minimum atomic E-state index is -0.247. The Morgan fingerprint density at radius 1 is 1.03 bits per heavy atom. The molecule has 1 N–H and O–H groups in total. The molecule has 1 saturated heterocycles. The van der Waals surface area contributed by atoms with Crippen LogP contribution in [0, 0.1) is 5.92 Å². The SMILES string of the molecule is CN(C)CCNC(=O)c1cccc(C(=O)N2CCC(Cc3ccccc3)CC2)n1. The second kappa shape index (κ2) is 10.2. The second-order valence-corrected chi connectivity index (χ2v) is 7.89. The molecule has 0 saturated carbocycles. The molecule has 1 aromatic heterocycles. The first-order chi connectivity index (χ1) is 14.0. The number of hydrogen-bond acceptors (Lipinski definition) is 4. The number of likely N-dealkylation sites (N-methyl/N-ethyl adjacent to an activating group) is 1. The molecule has 6 heteroatoms. The molecule has 3 rings (SSSR count). The summed E-state index contributed by atoms with van der Waals surface area (Å²) in [7, 11) is 3.90. The lowest BCUT2D eigenvalue weighted by Crippen LogP contribution is -2.39. The van der Waals surface area contributed by atoms with Gasteiger partial charge in [-0.2, -0.15) is 0 Å². The van der Waals surface area contributed by atoms with Gasteiger partial charge in [-0.15, -0.1) is 0 Å². The topological polar surface area (TPSA) is 65.5 Å². The number of piperidine rings is 1. The van der Waals surface area contributed by atoms with Crippen molar-refractivity contribution in [3.8, 4) is 0 Å². The highest BCUT2D eigenvalue weighted by molar-refractivity contribution is 5.96. The summed E-state index contributed by atoms with van der Waals surface area (Å²) in [6.45, 7) is 2.76. The van der Waals surface area contributed by atoms with Crippen molar-refractivity contribution in [2.24, 2.45) is 5.92 Å². The van der Waals surface area contributed by atoms with Gasteiger partial charge in [-0.05, 0) is 57.0 Å². The molecule has 1 aromatic carbocycles. The van der Waals surface area contributed by atoms with Crippen LogP contribution in [0.2, 0.25) is 0 Å². The molecule has 154 valence electrons. The van der Waals surface area contributed by atoms with E-state index >= 15 is 0 Å². The number of benzene rings is 1. The minimum absolute atomic E-state index is 0.0916. The Morgan fingerprint density at radius 2 is 1.72 bits per heavy atom. The van der Waals surface area contributed by atoms with Gasteiger partial charge in [-0.25, -0.2) is 4.98 Å². The van der Waals surface area contributed by atoms with Crippen LogP contribution in [-0.2, 0) is 6.42 Å². The van der Waals surface area contributed by atoms with E-state index in [-0.39, 0.29) is 17.5 Å². The number of amides is 2. The zero-order valence-electron chi connectivity index (χ0n) is 17.3. The van der Waals surface area contributed by atoms with E-state index in [9.17, 15) is 9.59 Å². The van der Waals surface area contributed by atoms with Crippen molar-refractivity contribution >= 4 is 11.8 Å². The van der Waals surface area contributed by atoms with E-state index in [1.54, 1.807) is 18.2 Å². The Labute approximate surface area is 172 Å². The maximum absolute atomic E-state index is 12.9. The van der Waals surface area contributed by atoms with Gasteiger partial charge in [0.25, 0.3) is 11.8 Å². The number of nitrogens with zero attached hydrogens (tertiary/aromatic N) is 3. The third-order valence-electron chi connectivity index (χ3n) is 5.31. The zero-order valence-corrected chi connectivity index (χ0v) is 17.3. The van der Waals surface area contributed by atoms with Gasteiger partial charge in [0.05, 0.1) is 0 Å². The molecule has 0 radical (unpaired) electrons. The molecule has 2 heterocycles. The standard InChI is InChI=1S/C23H30N4O2/c1-26(2)16-13-24-22(28)20-9-6-10-21(25-20)23(29)27-14-11-19(12-15-27)17-18-7-4-3-5-8-18/h3-10,19H,11-17H2,1-2H3,(H,24,28). The molecule has 2 amide bonds. The van der Waals surface area contributed by atoms with E-state index < -0.39 is 0 Å². The predicted molar refractivity (Wildman–Crippen MR) is 114 cm³/mol. The molecule has 0 spiro atoms. The number of pyridine rings is 1. The predicted octanol–water partition coefficient (Wildman–Crippen LogP) is 2.47. The quantitative estimate of drug-likeness (QED) is 0.784. The maximum atomic E-state index is 12.9. The van der Waals surface area contributed by atoms with E-state index in [4.69, 9.17) is 0 Å². The van der Waals surface area contributed by atoms with Crippen LogP contribution in [0.25, 0.3) is 0 Å². The number of nitrogens with one attached hydrogen (secondary N) is 1. The lowest BCUT2D eigenvalue weighted by atomic mass is 9.90. The number of rotatable bonds is 7. The summed E-state index contributed by atoms with van der Waals surface area (Å²) in [5, 5.41) is 2.84. The molecule has 29 heavy (non-hydrogen) atoms. The van der Waals surface area contributed by atoms with Crippen molar-refractivity contribution in [1.82, 2.24) is 20.1 Å². The van der Waals surface area contributed by atoms with Gasteiger partial charge in [-0.3, -0.25) is 9.59 Å². The van der Waals surface area contributed by atoms with E-state index in [2.05, 4.69) is 34.6 Å². The Hall–Kier alpha value is -2.73. The Bertz CT molecular complexity index is 815. The lowest BCUT2D eigenvalue weighted by Gasteiger charge is -2.32. The van der Waals surface area contributed by atoms with Crippen LogP contribution in [0.15, 0.2) is 48.5 Å². The van der Waals surface area contributed by atoms with Crippen LogP contribution in [0.1, 0.15) is 39.4 Å². The third kappa shape index (κ3) is 6.12. The summed E-state index contributed by atoms with van der Waals surface area (Å²) in [6.07, 6.45) is 3.04. The van der Waals surface area contributed by atoms with Gasteiger partial charge < -0.3 is 15.1 Å². The molecule has 1 aliphatic rings. The van der Waals surface area contributed by atoms with E-state index in [0.29, 0.717) is 18.2 Å². The number of carbonyl (C=O) groups excluding carboxylic acids is 2. The van der Waals surface area contributed by atoms with Crippen LogP contribution < -0.4 is 5.32 Å². The molecule has 0 aliphatic carbocycles. The van der Waals surface area contributed by atoms with Crippen molar-refractivity contribution in [1.29, 1.82) is 0 Å². The van der Waals surface area contributed by atoms with Gasteiger partial charge in [0.2, 0.25) is 0 Å². The Balaban J connectivity index is 1.53. The molecular formula is C23H30N4O2. The first-order valence-electron chi connectivity index (χ1n) is 10.3. The highest BCUT2D eigenvalue weighted by Gasteiger charge is 2.25. The zero-order chi connectivity index (χ0) is 20.6. The molecule has 0 atom stereocenters. The first-order valence-corrected chi connectivity index (χ1v) is 10.3. The fourth-order valence-electron chi connectivity index (χ4n) is 3.61. The number of likely N-dealkylation sites (tertiary alicyclic amines) is 1. The van der Waals surface area contributed by atoms with Gasteiger partial charge >= 0.3 is 0 Å². The van der Waals surface area contributed by atoms with E-state index in [0.717, 1.165) is 38.9 Å². The third-order valence-corrected chi connectivity index (χ3v) is 5.31. The monoisotopic (exact) mass is 394 g/mol. The molecular weight excluding hydrogens is 364 g/mol. The van der Waals surface area contributed by atoms with Crippen LogP contribution in [-0.4, -0.2) is 66.9 Å². The molecule has 1 fully saturated rings. The van der Waals surface area contributed by atoms with Crippen LogP contribution in [0.5, 0.6) is 0 Å². The highest BCUT2D eigenvalue weighted by Crippen LogP contribution is 2.22. The van der Waals surface area contributed by atoms with Gasteiger partial charge in [0, 0.05) is 26.2 Å². The molecule has 0 bridgehead atoms. The highest BCUT2D eigenvalue weighted by atomic mass is 16.2. The van der Waals surface area contributed by atoms with Crippen LogP contribution in [0.3, 0.4) is 0 Å². The summed E-state index contributed by atoms with van der Waals surface area (Å²) in [5.74, 6) is 0.261. The van der Waals surface area contributed by atoms with Gasteiger partial charge in [0.1, 0.15) is 11.4 Å². The van der Waals surface area contributed by atoms with Crippen LogP contribution in [0.4, 0.5) is 0 Å². The average molecular weight is 395 g/mol. The lowest BCUT2D eigenvalue weighted by molar-refractivity contribution is 0.0684. The normalized spacial score (nSPS) is 14.8. The van der Waals surface area contributed by atoms with Crippen molar-refractivity contribution < 1.29 is 9.59 Å². The summed E-state index contributed by atoms with van der Waals surface area (Å²) >= 11 is 0. The van der Waals surface area contributed by atoms with Crippen molar-refractivity contribution in [2.45, 2.75) is 19.3 Å². The van der Waals surface area contributed by atoms with E-state index in [1.807, 2.05) is 30.0 Å². The van der Waals surface area contributed by atoms with Crippen LogP contribution >= 0.6 is 0 Å². The van der Waals surface area contributed by atoms with Gasteiger partial charge in [0.15, 0.2) is 0 Å². The summed E-state index contributed by atoms with van der Waals surface area (Å²) in [5.41, 5.74) is 1.98. The Morgan fingerprint density at radius 3 is 2.41 bits per heavy atom. The molecule has 6 nitrogen and oxygen atoms in total. The summed E-state index contributed by atoms with van der Waals surface area (Å²) in [6, 6.07) is 15.6. The van der Waals surface area contributed by atoms with Crippen molar-refractivity contribution in [2.75, 3.05) is 40.3 Å². The van der Waals surface area contributed by atoms with Crippen molar-refractivity contribution in [3.63, 3.8) is 0 Å². The maximum Gasteiger partial charge on any atom is 0.272 e. The minimum Gasteiger partial charge on any atom is -0.349 e. The Kier molecular flexibility index (Phi) is 7.36. The fourth-order valence-corrected chi connectivity index (χ4v) is 3.61. The number of hydrogen-bond donors (Lipinski definition) is 1. The number of carbonyl (C=O) groups is 2. The molecule has 0 unspecified atom stereocenters. The van der Waals surface area contributed by atoms with E-state index in [1.165, 1.54) is 5.56 Å². The summed E-state index contributed by atoms with van der Waals surface area (Å²) in [4.78, 5) is 33.3. The average Bonchev–Trinajstić information content (AvgIpc) is 2.74. The molecule has 2 aromatic rings. The van der Waals surface area contributed by atoms with Crippen molar-refractivity contribution in [3.05, 3.63) is 65.5 Å². The second-order valence-electron chi connectivity index (χ2n) is 7.89. The largest absolute Gasteiger partial charge is 0.349 e.